The van der Waals surface area contributed by atoms with Crippen LogP contribution in [-0.2, 0) is 0 Å². The van der Waals surface area contributed by atoms with E-state index in [1.165, 1.54) is 43.6 Å². The number of aromatic nitrogens is 5. The molecule has 8 heteroatoms. The molecule has 81 heavy (non-hydrogen) atoms. The van der Waals surface area contributed by atoms with E-state index in [4.69, 9.17) is 23.1 Å². The van der Waals surface area contributed by atoms with E-state index < -0.39 is 0 Å². The van der Waals surface area contributed by atoms with Gasteiger partial charge in [0.15, 0.2) is 11.4 Å². The molecule has 0 aliphatic heterocycles. The molecule has 0 fully saturated rings. The standard InChI is InChI=1S/C73H42N8/c1-75-63-21-9-3-19-59(63)66-44-65(77-73(78-66)60-20-4-10-22-64(60)76-2)54-38-33-49(41-50(54)45-74)48-29-27-46(28-30-48)47-31-34-51(35-32-47)79-71-39-36-52(80-67-23-11-5-15-55(67)56-16-6-12-24-68(56)80)42-61(71)62-43-53(37-40-72(62)79)81-69-25-13-7-17-57(69)58-18-8-14-26-70(58)81/h3-44H. The van der Waals surface area contributed by atoms with Crippen molar-refractivity contribution in [2.75, 3.05) is 0 Å². The Balaban J connectivity index is 0.798. The summed E-state index contributed by atoms with van der Waals surface area (Å²) in [5, 5.41) is 17.9. The summed E-state index contributed by atoms with van der Waals surface area (Å²) in [7, 11) is 0. The molecule has 0 amide bonds. The second kappa shape index (κ2) is 18.8. The van der Waals surface area contributed by atoms with Crippen LogP contribution in [0.3, 0.4) is 0 Å². The second-order valence-electron chi connectivity index (χ2n) is 20.2. The summed E-state index contributed by atoms with van der Waals surface area (Å²) < 4.78 is 7.18. The topological polar surface area (TPSA) is 73.1 Å². The van der Waals surface area contributed by atoms with E-state index in [0.29, 0.717) is 50.8 Å². The molecular formula is C73H42N8. The van der Waals surface area contributed by atoms with Crippen molar-refractivity contribution in [1.82, 2.24) is 23.7 Å². The average Bonchev–Trinajstić information content (AvgIpc) is 4.40. The fraction of sp³-hybridized carbons (Fsp3) is 0. The van der Waals surface area contributed by atoms with Crippen LogP contribution < -0.4 is 0 Å². The fourth-order valence-electron chi connectivity index (χ4n) is 12.0. The third-order valence-electron chi connectivity index (χ3n) is 15.8. The molecule has 0 radical (unpaired) electrons. The fourth-order valence-corrected chi connectivity index (χ4v) is 12.0. The zero-order chi connectivity index (χ0) is 54.1. The van der Waals surface area contributed by atoms with Crippen LogP contribution in [0.5, 0.6) is 0 Å². The third kappa shape index (κ3) is 7.58. The quantitative estimate of drug-likeness (QED) is 0.142. The van der Waals surface area contributed by atoms with Gasteiger partial charge in [0.1, 0.15) is 5.82 Å². The maximum absolute atomic E-state index is 10.7. The molecule has 4 heterocycles. The van der Waals surface area contributed by atoms with Crippen molar-refractivity contribution in [3.63, 3.8) is 0 Å². The first-order valence-electron chi connectivity index (χ1n) is 26.7. The van der Waals surface area contributed by atoms with Crippen LogP contribution in [0.15, 0.2) is 255 Å². The predicted octanol–water partition coefficient (Wildman–Crippen LogP) is 19.1. The van der Waals surface area contributed by atoms with Crippen LogP contribution in [0.25, 0.3) is 148 Å². The zero-order valence-corrected chi connectivity index (χ0v) is 43.3. The number of rotatable bonds is 8. The van der Waals surface area contributed by atoms with Crippen LogP contribution in [0.1, 0.15) is 5.56 Å². The minimum Gasteiger partial charge on any atom is -0.309 e. The van der Waals surface area contributed by atoms with Gasteiger partial charge in [0.2, 0.25) is 0 Å². The molecule has 0 saturated heterocycles. The minimum absolute atomic E-state index is 0.343. The average molecular weight is 1030 g/mol. The van der Waals surface area contributed by atoms with Gasteiger partial charge in [-0.15, -0.1) is 0 Å². The summed E-state index contributed by atoms with van der Waals surface area (Å²) in [4.78, 5) is 17.3. The Morgan fingerprint density at radius 1 is 0.321 bits per heavy atom. The molecule has 0 spiro atoms. The molecule has 0 aliphatic rings. The van der Waals surface area contributed by atoms with Gasteiger partial charge in [0.25, 0.3) is 0 Å². The maximum Gasteiger partial charge on any atom is 0.198 e. The molecule has 8 nitrogen and oxygen atoms in total. The largest absolute Gasteiger partial charge is 0.309 e. The highest BCUT2D eigenvalue weighted by atomic mass is 15.0. The van der Waals surface area contributed by atoms with Crippen molar-refractivity contribution in [3.05, 3.63) is 283 Å². The highest BCUT2D eigenvalue weighted by Gasteiger charge is 2.21. The van der Waals surface area contributed by atoms with E-state index in [9.17, 15) is 5.26 Å². The molecular weight excluding hydrogens is 989 g/mol. The predicted molar refractivity (Wildman–Crippen MR) is 329 cm³/mol. The lowest BCUT2D eigenvalue weighted by Crippen LogP contribution is -1.97. The molecule has 0 bridgehead atoms. The Morgan fingerprint density at radius 3 is 1.19 bits per heavy atom. The van der Waals surface area contributed by atoms with E-state index in [1.54, 1.807) is 12.1 Å². The Hall–Kier alpha value is -11.6. The monoisotopic (exact) mass is 1030 g/mol. The number of hydrogen-bond donors (Lipinski definition) is 0. The van der Waals surface area contributed by atoms with Crippen molar-refractivity contribution in [2.45, 2.75) is 0 Å². The number of hydrogen-bond acceptors (Lipinski definition) is 3. The minimum atomic E-state index is 0.343. The summed E-state index contributed by atoms with van der Waals surface area (Å²) in [6.45, 7) is 15.7. The molecule has 0 atom stereocenters. The SMILES string of the molecule is [C-]#[N+]c1ccccc1-c1cc(-c2ccc(-c3ccc(-c4ccc(-n5c6ccc(-n7c8ccccc8c8ccccc87)cc6c6cc(-n7c8ccccc8c8ccccc87)ccc65)cc4)cc3)cc2C#N)nc(-c2ccccc2[N+]#[C-])n1. The van der Waals surface area contributed by atoms with E-state index >= 15 is 0 Å². The summed E-state index contributed by atoms with van der Waals surface area (Å²) in [5.74, 6) is 0.343. The van der Waals surface area contributed by atoms with Gasteiger partial charge in [0, 0.05) is 66.1 Å². The Bertz CT molecular complexity index is 4860. The lowest BCUT2D eigenvalue weighted by atomic mass is 9.95. The number of nitrogens with zero attached hydrogens (tertiary/aromatic N) is 8. The van der Waals surface area contributed by atoms with Crippen molar-refractivity contribution in [2.24, 2.45) is 0 Å². The smallest absolute Gasteiger partial charge is 0.198 e. The molecule has 4 aromatic heterocycles. The molecule has 374 valence electrons. The van der Waals surface area contributed by atoms with Gasteiger partial charge in [-0.2, -0.15) is 5.26 Å². The first-order valence-corrected chi connectivity index (χ1v) is 26.7. The van der Waals surface area contributed by atoms with E-state index in [0.717, 1.165) is 61.1 Å². The zero-order valence-electron chi connectivity index (χ0n) is 43.3. The van der Waals surface area contributed by atoms with Crippen molar-refractivity contribution < 1.29 is 0 Å². The molecule has 0 unspecified atom stereocenters. The first-order chi connectivity index (χ1) is 40.0. The van der Waals surface area contributed by atoms with Gasteiger partial charge in [-0.25, -0.2) is 19.7 Å². The number of benzene rings is 11. The summed E-state index contributed by atoms with van der Waals surface area (Å²) in [5.41, 5.74) is 18.4. The number of nitriles is 1. The van der Waals surface area contributed by atoms with Gasteiger partial charge < -0.3 is 13.7 Å². The van der Waals surface area contributed by atoms with Crippen LogP contribution in [0.4, 0.5) is 11.4 Å². The lowest BCUT2D eigenvalue weighted by molar-refractivity contribution is 1.16. The third-order valence-corrected chi connectivity index (χ3v) is 15.8. The van der Waals surface area contributed by atoms with Gasteiger partial charge >= 0.3 is 0 Å². The molecule has 0 saturated carbocycles. The van der Waals surface area contributed by atoms with Gasteiger partial charge in [-0.05, 0) is 107 Å². The second-order valence-corrected chi connectivity index (χ2v) is 20.2. The van der Waals surface area contributed by atoms with Crippen LogP contribution in [-0.4, -0.2) is 23.7 Å². The molecule has 15 aromatic rings. The van der Waals surface area contributed by atoms with E-state index in [-0.39, 0.29) is 0 Å². The van der Waals surface area contributed by atoms with Crippen LogP contribution in [0, 0.1) is 24.5 Å². The summed E-state index contributed by atoms with van der Waals surface area (Å²) in [6, 6.07) is 90.3. The molecule has 0 aliphatic carbocycles. The number of para-hydroxylation sites is 6. The van der Waals surface area contributed by atoms with Crippen molar-refractivity contribution in [1.29, 1.82) is 5.26 Å². The van der Waals surface area contributed by atoms with Crippen LogP contribution >= 0.6 is 0 Å². The molecule has 11 aromatic carbocycles. The first kappa shape index (κ1) is 46.7. The van der Waals surface area contributed by atoms with Crippen LogP contribution in [0.2, 0.25) is 0 Å². The molecule has 0 N–H and O–H groups in total. The van der Waals surface area contributed by atoms with Gasteiger partial charge in [-0.3, -0.25) is 0 Å². The maximum atomic E-state index is 10.7. The summed E-state index contributed by atoms with van der Waals surface area (Å²) >= 11 is 0. The lowest BCUT2D eigenvalue weighted by Gasteiger charge is -2.13. The van der Waals surface area contributed by atoms with Gasteiger partial charge in [-0.1, -0.05) is 170 Å². The number of fused-ring (bicyclic) bond motifs is 9. The Morgan fingerprint density at radius 2 is 0.691 bits per heavy atom. The Kier molecular flexibility index (Phi) is 10.8. The van der Waals surface area contributed by atoms with Gasteiger partial charge in [0.05, 0.1) is 69.3 Å². The van der Waals surface area contributed by atoms with Crippen molar-refractivity contribution in [3.8, 4) is 79.3 Å². The summed E-state index contributed by atoms with van der Waals surface area (Å²) in [6.07, 6.45) is 0. The normalized spacial score (nSPS) is 11.4. The van der Waals surface area contributed by atoms with E-state index in [2.05, 4.69) is 211 Å². The van der Waals surface area contributed by atoms with E-state index in [1.807, 2.05) is 60.7 Å². The molecule has 15 rings (SSSR count). The highest BCUT2D eigenvalue weighted by Crippen LogP contribution is 2.42. The highest BCUT2D eigenvalue weighted by molar-refractivity contribution is 6.14. The van der Waals surface area contributed by atoms with Crippen molar-refractivity contribution >= 4 is 76.8 Å². The Labute approximate surface area is 465 Å².